The summed E-state index contributed by atoms with van der Waals surface area (Å²) in [5, 5.41) is 0. The Bertz CT molecular complexity index is 252. The third-order valence-corrected chi connectivity index (χ3v) is 3.87. The first-order valence-electron chi connectivity index (χ1n) is 9.03. The Kier molecular flexibility index (Phi) is 23.6. The molecule has 0 radical (unpaired) electrons. The molecule has 2 nitrogen and oxygen atoms in total. The third-order valence-electron chi connectivity index (χ3n) is 3.87. The number of hydrogen-bond donors (Lipinski definition) is 0. The van der Waals surface area contributed by atoms with E-state index in [-0.39, 0.29) is 35.5 Å². The zero-order valence-corrected chi connectivity index (χ0v) is 14.4. The van der Waals surface area contributed by atoms with Crippen LogP contribution in [-0.4, -0.2) is 42.6 Å². The van der Waals surface area contributed by atoms with E-state index in [9.17, 15) is 4.79 Å². The molecule has 0 spiro atoms. The van der Waals surface area contributed by atoms with Gasteiger partial charge in [0.1, 0.15) is 0 Å². The van der Waals surface area contributed by atoms with Gasteiger partial charge in [0.25, 0.3) is 0 Å². The molecule has 0 bridgehead atoms. The van der Waals surface area contributed by atoms with Crippen molar-refractivity contribution in [3.05, 3.63) is 12.2 Å². The molecule has 0 fully saturated rings. The van der Waals surface area contributed by atoms with Crippen LogP contribution in [0, 0.1) is 0 Å². The molecule has 0 rings (SSSR count). The molecule has 0 saturated carbocycles. The average Bonchev–Trinajstić information content (AvgIpc) is 2.50. The van der Waals surface area contributed by atoms with Crippen molar-refractivity contribution in [2.75, 3.05) is 7.11 Å². The summed E-state index contributed by atoms with van der Waals surface area (Å²) in [4.78, 5) is 10.9. The molecule has 0 aromatic heterocycles. The van der Waals surface area contributed by atoms with Gasteiger partial charge in [-0.3, -0.25) is 4.79 Å². The van der Waals surface area contributed by atoms with E-state index < -0.39 is 0 Å². The molecule has 0 atom stereocenters. The van der Waals surface area contributed by atoms with Gasteiger partial charge in [-0.25, -0.2) is 0 Å². The Morgan fingerprint density at radius 3 is 1.73 bits per heavy atom. The van der Waals surface area contributed by atoms with Gasteiger partial charge >= 0.3 is 35.5 Å². The fraction of sp³-hybridized carbons (Fsp3) is 0.842. The van der Waals surface area contributed by atoms with E-state index in [0.29, 0.717) is 6.42 Å². The summed E-state index contributed by atoms with van der Waals surface area (Å²) < 4.78 is 4.62. The molecule has 0 aliphatic carbocycles. The Balaban J connectivity index is 0. The number of hydrogen-bond acceptors (Lipinski definition) is 2. The number of carbonyl (C=O) groups excluding carboxylic acids is 1. The summed E-state index contributed by atoms with van der Waals surface area (Å²) in [6.45, 7) is 2.27. The second-order valence-electron chi connectivity index (χ2n) is 5.91. The fourth-order valence-corrected chi connectivity index (χ4v) is 2.44. The Morgan fingerprint density at radius 2 is 1.23 bits per heavy atom. The van der Waals surface area contributed by atoms with Gasteiger partial charge < -0.3 is 4.74 Å². The van der Waals surface area contributed by atoms with Gasteiger partial charge in [0.05, 0.1) is 7.11 Å². The summed E-state index contributed by atoms with van der Waals surface area (Å²) in [5.74, 6) is -0.0763. The summed E-state index contributed by atoms with van der Waals surface area (Å²) in [7, 11) is 1.46. The number of methoxy groups -OCH3 is 1. The zero-order chi connectivity index (χ0) is 15.6. The molecule has 126 valence electrons. The number of allylic oxidation sites excluding steroid dienone is 2. The Hall–Kier alpha value is 0.210. The van der Waals surface area contributed by atoms with Gasteiger partial charge in [-0.15, -0.1) is 0 Å². The van der Waals surface area contributed by atoms with Gasteiger partial charge in [0.15, 0.2) is 0 Å². The molecule has 0 aromatic carbocycles. The predicted molar refractivity (Wildman–Crippen MR) is 98.6 cm³/mol. The number of ether oxygens (including phenoxy) is 1. The molecular formula is C19H37NaO2. The molecule has 0 amide bonds. The van der Waals surface area contributed by atoms with Crippen molar-refractivity contribution in [1.82, 2.24) is 0 Å². The van der Waals surface area contributed by atoms with E-state index in [0.717, 1.165) is 12.8 Å². The number of esters is 1. The summed E-state index contributed by atoms with van der Waals surface area (Å²) in [6.07, 6.45) is 22.0. The van der Waals surface area contributed by atoms with E-state index in [1.54, 1.807) is 0 Å². The quantitative estimate of drug-likeness (QED) is 0.171. The fourth-order valence-electron chi connectivity index (χ4n) is 2.44. The third kappa shape index (κ3) is 20.2. The van der Waals surface area contributed by atoms with Crippen LogP contribution in [0.5, 0.6) is 0 Å². The van der Waals surface area contributed by atoms with Gasteiger partial charge in [-0.2, -0.15) is 0 Å². The molecular weight excluding hydrogens is 283 g/mol. The van der Waals surface area contributed by atoms with E-state index in [4.69, 9.17) is 0 Å². The predicted octanol–water partition coefficient (Wildman–Crippen LogP) is 5.55. The van der Waals surface area contributed by atoms with Crippen LogP contribution in [0.4, 0.5) is 0 Å². The summed E-state index contributed by atoms with van der Waals surface area (Å²) in [5.41, 5.74) is 0. The SMILES string of the molecule is CCCCCCCC/C=C\CCCCCCCC(=O)OC.[NaH]. The van der Waals surface area contributed by atoms with Gasteiger partial charge in [-0.1, -0.05) is 70.4 Å². The Morgan fingerprint density at radius 1 is 0.773 bits per heavy atom. The van der Waals surface area contributed by atoms with E-state index in [2.05, 4.69) is 23.8 Å². The monoisotopic (exact) mass is 320 g/mol. The molecule has 3 heteroatoms. The first kappa shape index (κ1) is 24.5. The standard InChI is InChI=1S/C19H36O2.Na.H/c1-3-4-5-6-7-8-9-10-11-12-13-14-15-16-17-18-19(20)21-2;;/h10-11H,3-9,12-18H2,1-2H3;;/b11-10-;;. The molecule has 22 heavy (non-hydrogen) atoms. The van der Waals surface area contributed by atoms with Gasteiger partial charge in [0.2, 0.25) is 0 Å². The molecule has 0 aliphatic rings. The first-order chi connectivity index (χ1) is 10.3. The van der Waals surface area contributed by atoms with Crippen LogP contribution in [0.2, 0.25) is 0 Å². The molecule has 0 aromatic rings. The van der Waals surface area contributed by atoms with Crippen LogP contribution in [-0.2, 0) is 9.53 Å². The van der Waals surface area contributed by atoms with Crippen molar-refractivity contribution in [1.29, 1.82) is 0 Å². The molecule has 0 heterocycles. The Labute approximate surface area is 160 Å². The zero-order valence-electron chi connectivity index (χ0n) is 14.4. The topological polar surface area (TPSA) is 26.3 Å². The van der Waals surface area contributed by atoms with Crippen LogP contribution < -0.4 is 0 Å². The second kappa shape index (κ2) is 21.2. The summed E-state index contributed by atoms with van der Waals surface area (Å²) in [6, 6.07) is 0. The molecule has 0 N–H and O–H groups in total. The van der Waals surface area contributed by atoms with Crippen molar-refractivity contribution in [3.8, 4) is 0 Å². The molecule has 0 aliphatic heterocycles. The van der Waals surface area contributed by atoms with Crippen molar-refractivity contribution >= 4 is 35.5 Å². The summed E-state index contributed by atoms with van der Waals surface area (Å²) >= 11 is 0. The second-order valence-corrected chi connectivity index (χ2v) is 5.91. The molecule has 0 unspecified atom stereocenters. The maximum absolute atomic E-state index is 10.9. The normalized spacial score (nSPS) is 10.6. The minimum absolute atomic E-state index is 0. The van der Waals surface area contributed by atoms with Crippen molar-refractivity contribution < 1.29 is 9.53 Å². The van der Waals surface area contributed by atoms with E-state index in [1.807, 2.05) is 0 Å². The average molecular weight is 320 g/mol. The van der Waals surface area contributed by atoms with Crippen molar-refractivity contribution in [2.45, 2.75) is 96.8 Å². The number of carbonyl (C=O) groups is 1. The number of rotatable bonds is 15. The minimum atomic E-state index is -0.0763. The number of unbranched alkanes of at least 4 members (excludes halogenated alkanes) is 11. The van der Waals surface area contributed by atoms with Crippen molar-refractivity contribution in [3.63, 3.8) is 0 Å². The van der Waals surface area contributed by atoms with Crippen LogP contribution in [0.1, 0.15) is 96.8 Å². The van der Waals surface area contributed by atoms with Crippen LogP contribution in [0.3, 0.4) is 0 Å². The van der Waals surface area contributed by atoms with E-state index in [1.165, 1.54) is 77.7 Å². The van der Waals surface area contributed by atoms with Crippen LogP contribution >= 0.6 is 0 Å². The van der Waals surface area contributed by atoms with Gasteiger partial charge in [-0.05, 0) is 32.1 Å². The first-order valence-corrected chi connectivity index (χ1v) is 9.03. The van der Waals surface area contributed by atoms with Gasteiger partial charge in [0, 0.05) is 6.42 Å². The van der Waals surface area contributed by atoms with E-state index >= 15 is 0 Å². The molecule has 0 saturated heterocycles. The van der Waals surface area contributed by atoms with Crippen LogP contribution in [0.15, 0.2) is 12.2 Å². The maximum atomic E-state index is 10.9. The van der Waals surface area contributed by atoms with Crippen LogP contribution in [0.25, 0.3) is 0 Å². The van der Waals surface area contributed by atoms with Crippen molar-refractivity contribution in [2.24, 2.45) is 0 Å².